The number of fused-ring (bicyclic) bond motifs is 1. The monoisotopic (exact) mass is 976 g/mol. The molecule has 2 aliphatic rings. The first-order valence-electron chi connectivity index (χ1n) is 18.9. The number of carbonyl (C=O) groups excluding carboxylic acids is 2. The minimum Gasteiger partial charge on any atom is -0.455 e. The van der Waals surface area contributed by atoms with Crippen molar-refractivity contribution in [2.24, 2.45) is 0 Å². The summed E-state index contributed by atoms with van der Waals surface area (Å²) in [6, 6.07) is 6.29. The van der Waals surface area contributed by atoms with Gasteiger partial charge in [0, 0.05) is 22.4 Å². The lowest BCUT2D eigenvalue weighted by Gasteiger charge is -2.27. The lowest BCUT2D eigenvalue weighted by Crippen LogP contribution is -2.48. The minimum absolute atomic E-state index is 0.0203. The van der Waals surface area contributed by atoms with Gasteiger partial charge in [0.1, 0.15) is 60.4 Å². The van der Waals surface area contributed by atoms with Gasteiger partial charge in [-0.05, 0) is 23.8 Å². The van der Waals surface area contributed by atoms with Crippen molar-refractivity contribution in [2.45, 2.75) is 86.8 Å². The molecule has 350 valence electrons. The molecule has 0 radical (unpaired) electrons. The van der Waals surface area contributed by atoms with Gasteiger partial charge in [-0.3, -0.25) is 18.2 Å². The van der Waals surface area contributed by atoms with Crippen molar-refractivity contribution in [3.63, 3.8) is 0 Å². The number of ether oxygens (including phenoxy) is 4. The van der Waals surface area contributed by atoms with Gasteiger partial charge < -0.3 is 70.9 Å². The molecule has 2 unspecified atom stereocenters. The van der Waals surface area contributed by atoms with Gasteiger partial charge in [0.05, 0.1) is 19.5 Å². The van der Waals surface area contributed by atoms with Crippen LogP contribution in [0.15, 0.2) is 54.0 Å². The summed E-state index contributed by atoms with van der Waals surface area (Å²) in [6.07, 6.45) is -9.86. The molecule has 5 heterocycles. The maximum atomic E-state index is 14.2. The van der Waals surface area contributed by atoms with Crippen molar-refractivity contribution in [3.8, 4) is 0 Å². The molecule has 2 aliphatic heterocycles. The first kappa shape index (κ1) is 49.0. The molecule has 1 aromatic carbocycles. The number of aromatic nitrogens is 6. The van der Waals surface area contributed by atoms with E-state index >= 15 is 0 Å². The zero-order valence-corrected chi connectivity index (χ0v) is 37.4. The fourth-order valence-electron chi connectivity index (χ4n) is 6.45. The fourth-order valence-corrected chi connectivity index (χ4v) is 10.9. The second-order valence-electron chi connectivity index (χ2n) is 15.3. The number of nitrogens with two attached hydrogens (primary N) is 3. The number of phosphoric acid groups is 1. The van der Waals surface area contributed by atoms with Gasteiger partial charge in [-0.1, -0.05) is 54.5 Å². The van der Waals surface area contributed by atoms with E-state index in [2.05, 4.69) is 29.8 Å². The maximum absolute atomic E-state index is 14.2. The molecule has 64 heavy (non-hydrogen) atoms. The number of aliphatic hydroxyl groups is 2. The second kappa shape index (κ2) is 20.0. The Labute approximate surface area is 370 Å². The molecule has 30 heteroatoms. The molecular formula is C34H46N10O16P2S2. The van der Waals surface area contributed by atoms with Crippen LogP contribution in [0.4, 0.5) is 22.1 Å². The number of hydrogen-bond donors (Lipinski definition) is 9. The Morgan fingerprint density at radius 1 is 0.938 bits per heavy atom. The van der Waals surface area contributed by atoms with E-state index in [0.717, 1.165) is 23.2 Å². The summed E-state index contributed by atoms with van der Waals surface area (Å²) < 4.78 is 60.4. The molecular weight excluding hydrogens is 931 g/mol. The molecule has 0 spiro atoms. The highest BCUT2D eigenvalue weighted by molar-refractivity contribution is 8.77. The zero-order chi connectivity index (χ0) is 46.7. The van der Waals surface area contributed by atoms with Gasteiger partial charge >= 0.3 is 33.2 Å². The Kier molecular flexibility index (Phi) is 15.3. The molecule has 4 aromatic rings. The average Bonchev–Trinajstić information content (AvgIpc) is 3.88. The zero-order valence-electron chi connectivity index (χ0n) is 34.0. The van der Waals surface area contributed by atoms with Crippen LogP contribution < -0.4 is 28.2 Å². The van der Waals surface area contributed by atoms with Crippen molar-refractivity contribution >= 4 is 77.6 Å². The number of nitrogens with one attached hydrogen (secondary N) is 1. The molecule has 1 amide bonds. The Hall–Kier alpha value is -4.41. The molecule has 2 saturated heterocycles. The number of esters is 1. The lowest BCUT2D eigenvalue weighted by atomic mass is 10.1. The van der Waals surface area contributed by atoms with Crippen LogP contribution in [0.5, 0.6) is 0 Å². The van der Waals surface area contributed by atoms with Gasteiger partial charge in [0.15, 0.2) is 30.0 Å². The summed E-state index contributed by atoms with van der Waals surface area (Å²) in [4.78, 5) is 85.8. The number of aliphatic hydroxyl groups excluding tert-OH is 2. The molecule has 26 nitrogen and oxygen atoms in total. The Morgan fingerprint density at radius 2 is 1.61 bits per heavy atom. The Bertz CT molecular complexity index is 2460. The van der Waals surface area contributed by atoms with Crippen LogP contribution in [0.25, 0.3) is 11.2 Å². The smallest absolute Gasteiger partial charge is 0.455 e. The number of rotatable bonds is 17. The second-order valence-corrected chi connectivity index (χ2v) is 21.7. The normalized spacial score (nSPS) is 25.2. The molecule has 10 atom stereocenters. The van der Waals surface area contributed by atoms with E-state index in [1.165, 1.54) is 32.5 Å². The standard InChI is InChI=1S/C34H46N10O16P2S2/c1-34(2,3)64-63-13-18(41-33(49)55-10-16-4-6-17(35)7-5-16)31(47)60-25-19(58-29(23(25)45)44-15-40-22-27(37)38-14-39-28(22)44)11-56-61(50,51)26-20(12-57-62(52,53)54)59-30(24(26)46)43-9-8-21(36)42-32(43)48/h4-9,14-15,18-20,23-26,29-30,45-46H,10-13,35H2,1-3H3,(H,41,49)(H,50,51)(H2,36,42,48)(H2,37,38,39)(H2,52,53,54)/t18-,19-,20?,23-,24-,25-,26-,29-,30-/m1/s1. The third kappa shape index (κ3) is 12.1. The van der Waals surface area contributed by atoms with E-state index in [0.29, 0.717) is 11.3 Å². The van der Waals surface area contributed by atoms with Crippen LogP contribution in [0.2, 0.25) is 0 Å². The van der Waals surface area contributed by atoms with Crippen LogP contribution in [-0.2, 0) is 48.5 Å². The first-order valence-corrected chi connectivity index (χ1v) is 24.4. The summed E-state index contributed by atoms with van der Waals surface area (Å²) in [6.45, 7) is 3.57. The Balaban J connectivity index is 1.26. The molecule has 3 aromatic heterocycles. The van der Waals surface area contributed by atoms with Gasteiger partial charge in [0.2, 0.25) is 0 Å². The summed E-state index contributed by atoms with van der Waals surface area (Å²) in [5.41, 5.74) is 15.5. The third-order valence-corrected chi connectivity index (χ3v) is 15.1. The van der Waals surface area contributed by atoms with E-state index in [4.69, 9.17) is 40.7 Å². The largest absolute Gasteiger partial charge is 0.469 e. The predicted octanol–water partition coefficient (Wildman–Crippen LogP) is 0.413. The summed E-state index contributed by atoms with van der Waals surface area (Å²) in [5.74, 6) is -1.37. The summed E-state index contributed by atoms with van der Waals surface area (Å²) in [5, 5.41) is 25.6. The van der Waals surface area contributed by atoms with E-state index in [1.807, 2.05) is 20.8 Å². The highest BCUT2D eigenvalue weighted by Gasteiger charge is 2.56. The molecule has 6 rings (SSSR count). The fraction of sp³-hybridized carbons (Fsp3) is 0.500. The number of carbonyl (C=O) groups is 2. The van der Waals surface area contributed by atoms with Crippen molar-refractivity contribution in [2.75, 3.05) is 36.2 Å². The van der Waals surface area contributed by atoms with Crippen LogP contribution in [0.3, 0.4) is 0 Å². The predicted molar refractivity (Wildman–Crippen MR) is 228 cm³/mol. The van der Waals surface area contributed by atoms with Crippen molar-refractivity contribution in [1.29, 1.82) is 0 Å². The van der Waals surface area contributed by atoms with E-state index in [1.54, 1.807) is 24.3 Å². The lowest BCUT2D eigenvalue weighted by molar-refractivity contribution is -0.158. The molecule has 12 N–H and O–H groups in total. The van der Waals surface area contributed by atoms with Crippen molar-refractivity contribution in [1.82, 2.24) is 34.4 Å². The molecule has 0 bridgehead atoms. The van der Waals surface area contributed by atoms with Gasteiger partial charge in [-0.2, -0.15) is 4.98 Å². The number of phosphoric ester groups is 1. The number of nitrogen functional groups attached to an aromatic ring is 3. The average molecular weight is 977 g/mol. The van der Waals surface area contributed by atoms with Gasteiger partial charge in [-0.15, -0.1) is 0 Å². The minimum atomic E-state index is -5.29. The van der Waals surface area contributed by atoms with Crippen LogP contribution >= 0.6 is 37.0 Å². The highest BCUT2D eigenvalue weighted by atomic mass is 33.1. The number of anilines is 3. The maximum Gasteiger partial charge on any atom is 0.469 e. The van der Waals surface area contributed by atoms with E-state index in [-0.39, 0.29) is 39.9 Å². The third-order valence-electron chi connectivity index (χ3n) is 9.36. The number of imidazole rings is 1. The highest BCUT2D eigenvalue weighted by Crippen LogP contribution is 2.56. The van der Waals surface area contributed by atoms with E-state index < -0.39 is 101 Å². The number of hydrogen-bond acceptors (Lipinski definition) is 22. The van der Waals surface area contributed by atoms with Gasteiger partial charge in [-0.25, -0.2) is 33.9 Å². The quantitative estimate of drug-likeness (QED) is 0.0299. The van der Waals surface area contributed by atoms with Crippen molar-refractivity contribution in [3.05, 3.63) is 65.2 Å². The first-order chi connectivity index (χ1) is 30.0. The number of benzene rings is 1. The van der Waals surface area contributed by atoms with Crippen LogP contribution in [-0.4, -0.2) is 132 Å². The number of amides is 1. The molecule has 0 aliphatic carbocycles. The molecule has 2 fully saturated rings. The summed E-state index contributed by atoms with van der Waals surface area (Å²) in [7, 11) is -7.89. The topological polar surface area (TPSA) is 393 Å². The Morgan fingerprint density at radius 3 is 2.28 bits per heavy atom. The molecule has 0 saturated carbocycles. The summed E-state index contributed by atoms with van der Waals surface area (Å²) >= 11 is 0. The van der Waals surface area contributed by atoms with Crippen LogP contribution in [0, 0.1) is 0 Å². The SMILES string of the molecule is CC(C)(C)SSC[C@@H](NC(=O)OCc1ccc(N)cc1)C(=O)O[C@H]1[C@@H](O)[C@H](n2cnc3c(N)ncnc32)O[C@@H]1COP(=O)(O)[C@@H]1C(COP(=O)(O)O)O[C@@H](n2ccc(N)nc2=O)[C@@H]1O. The van der Waals surface area contributed by atoms with Crippen molar-refractivity contribution < 1.29 is 71.6 Å². The number of alkyl carbamates (subject to hydrolysis) is 1. The van der Waals surface area contributed by atoms with Gasteiger partial charge in [0.25, 0.3) is 0 Å². The number of nitrogens with zero attached hydrogens (tertiary/aromatic N) is 6. The van der Waals surface area contributed by atoms with E-state index in [9.17, 15) is 48.4 Å². The van der Waals surface area contributed by atoms with Crippen LogP contribution in [0.1, 0.15) is 38.8 Å².